The van der Waals surface area contributed by atoms with Gasteiger partial charge in [0.05, 0.1) is 17.3 Å². The Morgan fingerprint density at radius 3 is 2.65 bits per heavy atom. The molecule has 0 bridgehead atoms. The molecule has 1 aromatic heterocycles. The standard InChI is InChI=1S/C17H19ClF3N5/c1-9(11-3-2-4-12(15(11)19)16(20)21)24-13-5-14(18)25-26-17(13)23-8-10-6-22-7-10/h2-5,9-10,16,22H,6-8H2,1H3,(H,23,26)(H,24,25)/t9-/m1/s1. The summed E-state index contributed by atoms with van der Waals surface area (Å²) < 4.78 is 40.2. The predicted molar refractivity (Wildman–Crippen MR) is 95.3 cm³/mol. The number of hydrogen-bond donors (Lipinski definition) is 3. The van der Waals surface area contributed by atoms with Gasteiger partial charge in [0.1, 0.15) is 5.82 Å². The van der Waals surface area contributed by atoms with E-state index in [0.717, 1.165) is 19.2 Å². The first kappa shape index (κ1) is 18.7. The Balaban J connectivity index is 1.79. The molecular formula is C17H19ClF3N5. The van der Waals surface area contributed by atoms with E-state index in [4.69, 9.17) is 11.6 Å². The second-order valence-electron chi connectivity index (χ2n) is 6.25. The highest BCUT2D eigenvalue weighted by Gasteiger charge is 2.21. The number of anilines is 2. The Labute approximate surface area is 154 Å². The van der Waals surface area contributed by atoms with Crippen molar-refractivity contribution in [2.75, 3.05) is 30.3 Å². The second kappa shape index (κ2) is 8.09. The molecule has 1 aliphatic rings. The van der Waals surface area contributed by atoms with Crippen molar-refractivity contribution >= 4 is 23.1 Å². The highest BCUT2D eigenvalue weighted by Crippen LogP contribution is 2.31. The molecule has 3 rings (SSSR count). The number of aromatic nitrogens is 2. The van der Waals surface area contributed by atoms with Gasteiger partial charge in [-0.2, -0.15) is 0 Å². The van der Waals surface area contributed by atoms with Crippen LogP contribution < -0.4 is 16.0 Å². The van der Waals surface area contributed by atoms with E-state index in [9.17, 15) is 13.2 Å². The van der Waals surface area contributed by atoms with Gasteiger partial charge in [0.15, 0.2) is 11.0 Å². The third kappa shape index (κ3) is 4.19. The van der Waals surface area contributed by atoms with Crippen molar-refractivity contribution in [3.05, 3.63) is 46.4 Å². The highest BCUT2D eigenvalue weighted by atomic mass is 35.5. The van der Waals surface area contributed by atoms with Crippen LogP contribution in [0.2, 0.25) is 5.15 Å². The van der Waals surface area contributed by atoms with Gasteiger partial charge in [0.25, 0.3) is 6.43 Å². The van der Waals surface area contributed by atoms with Crippen molar-refractivity contribution in [3.8, 4) is 0 Å². The van der Waals surface area contributed by atoms with Crippen LogP contribution in [0.5, 0.6) is 0 Å². The van der Waals surface area contributed by atoms with Crippen LogP contribution in [0.4, 0.5) is 24.7 Å². The summed E-state index contributed by atoms with van der Waals surface area (Å²) in [6.45, 7) is 4.25. The van der Waals surface area contributed by atoms with E-state index in [-0.39, 0.29) is 10.7 Å². The molecule has 0 radical (unpaired) electrons. The molecule has 140 valence electrons. The number of rotatable bonds is 7. The lowest BCUT2D eigenvalue weighted by atomic mass is 10.0. The van der Waals surface area contributed by atoms with Crippen molar-refractivity contribution in [3.63, 3.8) is 0 Å². The first-order valence-electron chi connectivity index (χ1n) is 8.26. The van der Waals surface area contributed by atoms with Crippen LogP contribution in [-0.4, -0.2) is 29.8 Å². The zero-order valence-corrected chi connectivity index (χ0v) is 14.8. The summed E-state index contributed by atoms with van der Waals surface area (Å²) in [5.41, 5.74) is 0.0642. The molecular weight excluding hydrogens is 367 g/mol. The molecule has 9 heteroatoms. The molecule has 1 atom stereocenters. The fraction of sp³-hybridized carbons (Fsp3) is 0.412. The van der Waals surface area contributed by atoms with E-state index < -0.39 is 23.8 Å². The van der Waals surface area contributed by atoms with Gasteiger partial charge in [0, 0.05) is 37.2 Å². The van der Waals surface area contributed by atoms with Crippen molar-refractivity contribution < 1.29 is 13.2 Å². The molecule has 0 amide bonds. The SMILES string of the molecule is C[C@@H](Nc1cc(Cl)nnc1NCC1CNC1)c1cccc(C(F)F)c1F. The normalized spacial score (nSPS) is 15.6. The van der Waals surface area contributed by atoms with Crippen molar-refractivity contribution in [2.45, 2.75) is 19.4 Å². The number of benzene rings is 1. The minimum Gasteiger partial charge on any atom is -0.375 e. The Hall–Kier alpha value is -2.06. The van der Waals surface area contributed by atoms with Crippen LogP contribution in [0.15, 0.2) is 24.3 Å². The second-order valence-corrected chi connectivity index (χ2v) is 6.64. The molecule has 1 saturated heterocycles. The van der Waals surface area contributed by atoms with Crippen molar-refractivity contribution in [1.82, 2.24) is 15.5 Å². The summed E-state index contributed by atoms with van der Waals surface area (Å²) in [4.78, 5) is 0. The molecule has 1 aromatic carbocycles. The van der Waals surface area contributed by atoms with Crippen molar-refractivity contribution in [1.29, 1.82) is 0 Å². The molecule has 26 heavy (non-hydrogen) atoms. The average Bonchev–Trinajstić information content (AvgIpc) is 2.55. The molecule has 0 aliphatic carbocycles. The zero-order valence-electron chi connectivity index (χ0n) is 14.1. The van der Waals surface area contributed by atoms with Crippen LogP contribution >= 0.6 is 11.6 Å². The van der Waals surface area contributed by atoms with E-state index in [1.807, 2.05) is 0 Å². The number of nitrogens with one attached hydrogen (secondary N) is 3. The number of hydrogen-bond acceptors (Lipinski definition) is 5. The predicted octanol–water partition coefficient (Wildman–Crippen LogP) is 4.01. The maximum Gasteiger partial charge on any atom is 0.266 e. The molecule has 5 nitrogen and oxygen atoms in total. The summed E-state index contributed by atoms with van der Waals surface area (Å²) in [5.74, 6) is 0.0714. The van der Waals surface area contributed by atoms with E-state index in [2.05, 4.69) is 26.1 Å². The summed E-state index contributed by atoms with van der Waals surface area (Å²) in [5, 5.41) is 17.5. The van der Waals surface area contributed by atoms with Crippen LogP contribution in [0.3, 0.4) is 0 Å². The monoisotopic (exact) mass is 385 g/mol. The molecule has 2 aromatic rings. The number of halogens is 4. The van der Waals surface area contributed by atoms with Gasteiger partial charge in [-0.25, -0.2) is 13.2 Å². The lowest BCUT2D eigenvalue weighted by molar-refractivity contribution is 0.146. The lowest BCUT2D eigenvalue weighted by Crippen LogP contribution is -2.45. The van der Waals surface area contributed by atoms with Gasteiger partial charge in [0.2, 0.25) is 0 Å². The van der Waals surface area contributed by atoms with Gasteiger partial charge in [-0.3, -0.25) is 0 Å². The third-order valence-corrected chi connectivity index (χ3v) is 4.51. The lowest BCUT2D eigenvalue weighted by Gasteiger charge is -2.28. The van der Waals surface area contributed by atoms with E-state index in [1.54, 1.807) is 13.0 Å². The Morgan fingerprint density at radius 1 is 1.27 bits per heavy atom. The summed E-state index contributed by atoms with van der Waals surface area (Å²) in [6.07, 6.45) is -2.87. The largest absolute Gasteiger partial charge is 0.375 e. The van der Waals surface area contributed by atoms with Gasteiger partial charge in [-0.05, 0) is 6.92 Å². The van der Waals surface area contributed by atoms with E-state index >= 15 is 0 Å². The quantitative estimate of drug-likeness (QED) is 0.672. The molecule has 2 heterocycles. The maximum atomic E-state index is 14.4. The van der Waals surface area contributed by atoms with Crippen LogP contribution in [0.25, 0.3) is 0 Å². The number of nitrogens with zero attached hydrogens (tertiary/aromatic N) is 2. The van der Waals surface area contributed by atoms with Gasteiger partial charge < -0.3 is 16.0 Å². The molecule has 1 fully saturated rings. The van der Waals surface area contributed by atoms with Gasteiger partial charge in [-0.1, -0.05) is 29.8 Å². The molecule has 0 spiro atoms. The van der Waals surface area contributed by atoms with Crippen molar-refractivity contribution in [2.24, 2.45) is 5.92 Å². The minimum atomic E-state index is -2.87. The molecule has 0 unspecified atom stereocenters. The van der Waals surface area contributed by atoms with E-state index in [0.29, 0.717) is 24.0 Å². The fourth-order valence-electron chi connectivity index (χ4n) is 2.72. The smallest absolute Gasteiger partial charge is 0.266 e. The van der Waals surface area contributed by atoms with Crippen LogP contribution in [0.1, 0.15) is 30.5 Å². The Bertz CT molecular complexity index is 770. The van der Waals surface area contributed by atoms with Crippen LogP contribution in [-0.2, 0) is 0 Å². The minimum absolute atomic E-state index is 0.143. The first-order chi connectivity index (χ1) is 12.5. The number of alkyl halides is 2. The highest BCUT2D eigenvalue weighted by molar-refractivity contribution is 6.29. The first-order valence-corrected chi connectivity index (χ1v) is 8.64. The Morgan fingerprint density at radius 2 is 2.00 bits per heavy atom. The Kier molecular flexibility index (Phi) is 5.83. The van der Waals surface area contributed by atoms with Gasteiger partial charge >= 0.3 is 0 Å². The zero-order chi connectivity index (χ0) is 18.7. The summed E-state index contributed by atoms with van der Waals surface area (Å²) in [6, 6.07) is 4.97. The van der Waals surface area contributed by atoms with Crippen LogP contribution in [0, 0.1) is 11.7 Å². The molecule has 0 saturated carbocycles. The van der Waals surface area contributed by atoms with Gasteiger partial charge in [-0.15, -0.1) is 10.2 Å². The topological polar surface area (TPSA) is 61.9 Å². The summed E-state index contributed by atoms with van der Waals surface area (Å²) in [7, 11) is 0. The molecule has 1 aliphatic heterocycles. The maximum absolute atomic E-state index is 14.4. The fourth-order valence-corrected chi connectivity index (χ4v) is 2.87. The third-order valence-electron chi connectivity index (χ3n) is 4.32. The average molecular weight is 386 g/mol. The molecule has 3 N–H and O–H groups in total. The summed E-state index contributed by atoms with van der Waals surface area (Å²) >= 11 is 5.92. The van der Waals surface area contributed by atoms with E-state index in [1.165, 1.54) is 12.1 Å².